The summed E-state index contributed by atoms with van der Waals surface area (Å²) in [5.74, 6) is 0.476. The number of piperidine rings is 1. The molecule has 22 heavy (non-hydrogen) atoms. The molecule has 3 heterocycles. The van der Waals surface area contributed by atoms with Gasteiger partial charge < -0.3 is 8.83 Å². The lowest BCUT2D eigenvalue weighted by atomic mass is 10.00. The monoisotopic (exact) mass is 300 g/mol. The minimum atomic E-state index is -0.259. The van der Waals surface area contributed by atoms with Gasteiger partial charge in [-0.2, -0.15) is 5.10 Å². The number of carbonyl (C=O) groups is 1. The number of furan rings is 2. The quantitative estimate of drug-likeness (QED) is 0.638. The highest BCUT2D eigenvalue weighted by molar-refractivity contribution is 6.50. The van der Waals surface area contributed by atoms with Crippen molar-refractivity contribution < 1.29 is 13.6 Å². The molecule has 5 heteroatoms. The molecule has 2 atom stereocenters. The predicted octanol–water partition coefficient (Wildman–Crippen LogP) is 3.72. The van der Waals surface area contributed by atoms with E-state index in [9.17, 15) is 4.79 Å². The molecule has 0 N–H and O–H groups in total. The average molecular weight is 300 g/mol. The summed E-state index contributed by atoms with van der Waals surface area (Å²) >= 11 is 0. The van der Waals surface area contributed by atoms with Crippen LogP contribution in [-0.4, -0.2) is 28.6 Å². The van der Waals surface area contributed by atoms with Crippen molar-refractivity contribution in [2.24, 2.45) is 5.10 Å². The van der Waals surface area contributed by atoms with Crippen molar-refractivity contribution in [1.29, 1.82) is 0 Å². The lowest BCUT2D eigenvalue weighted by molar-refractivity contribution is 0.0988. The van der Waals surface area contributed by atoms with Gasteiger partial charge in [-0.3, -0.25) is 9.80 Å². The molecule has 2 unspecified atom stereocenters. The van der Waals surface area contributed by atoms with Crippen LogP contribution in [0.2, 0.25) is 0 Å². The fourth-order valence-corrected chi connectivity index (χ4v) is 2.86. The second-order valence-corrected chi connectivity index (χ2v) is 5.74. The van der Waals surface area contributed by atoms with E-state index in [0.717, 1.165) is 12.8 Å². The first-order valence-corrected chi connectivity index (χ1v) is 7.66. The molecule has 1 saturated heterocycles. The highest BCUT2D eigenvalue weighted by atomic mass is 16.3. The molecular weight excluding hydrogens is 280 g/mol. The van der Waals surface area contributed by atoms with Crippen molar-refractivity contribution in [3.8, 4) is 0 Å². The molecule has 0 bridgehead atoms. The van der Waals surface area contributed by atoms with Crippen LogP contribution in [0.3, 0.4) is 0 Å². The molecule has 2 aromatic rings. The Hall–Kier alpha value is -2.30. The lowest BCUT2D eigenvalue weighted by Crippen LogP contribution is -2.41. The first kappa shape index (κ1) is 14.6. The van der Waals surface area contributed by atoms with Gasteiger partial charge in [-0.15, -0.1) is 0 Å². The van der Waals surface area contributed by atoms with Gasteiger partial charge in [0, 0.05) is 12.1 Å². The minimum Gasteiger partial charge on any atom is -0.462 e. The van der Waals surface area contributed by atoms with Crippen LogP contribution < -0.4 is 0 Å². The number of hydrogen-bond donors (Lipinski definition) is 0. The minimum absolute atomic E-state index is 0.259. The molecule has 3 rings (SSSR count). The molecule has 1 aliphatic rings. The Kier molecular flexibility index (Phi) is 4.13. The lowest BCUT2D eigenvalue weighted by Gasteiger charge is -2.37. The Balaban J connectivity index is 1.98. The average Bonchev–Trinajstić information content (AvgIpc) is 3.20. The summed E-state index contributed by atoms with van der Waals surface area (Å²) < 4.78 is 10.6. The Labute approximate surface area is 129 Å². The molecule has 0 aliphatic carbocycles. The molecule has 0 radical (unpaired) electrons. The number of ketones is 1. The van der Waals surface area contributed by atoms with Gasteiger partial charge in [-0.05, 0) is 57.4 Å². The summed E-state index contributed by atoms with van der Waals surface area (Å²) in [5.41, 5.74) is 0.292. The molecule has 1 fully saturated rings. The third-order valence-corrected chi connectivity index (χ3v) is 4.08. The van der Waals surface area contributed by atoms with Crippen LogP contribution in [-0.2, 0) is 0 Å². The van der Waals surface area contributed by atoms with Crippen molar-refractivity contribution in [2.75, 3.05) is 0 Å². The van der Waals surface area contributed by atoms with Gasteiger partial charge in [0.05, 0.1) is 12.5 Å². The van der Waals surface area contributed by atoms with E-state index < -0.39 is 0 Å². The van der Waals surface area contributed by atoms with Crippen LogP contribution in [0.1, 0.15) is 49.4 Å². The Morgan fingerprint density at radius 1 is 1.09 bits per heavy atom. The molecule has 1 aliphatic heterocycles. The zero-order valence-electron chi connectivity index (χ0n) is 12.9. The van der Waals surface area contributed by atoms with E-state index in [0.29, 0.717) is 23.6 Å². The normalized spacial score (nSPS) is 22.8. The van der Waals surface area contributed by atoms with Crippen LogP contribution in [0.4, 0.5) is 0 Å². The summed E-state index contributed by atoms with van der Waals surface area (Å²) in [6.07, 6.45) is 6.38. The second-order valence-electron chi connectivity index (χ2n) is 5.74. The van der Waals surface area contributed by atoms with Crippen LogP contribution in [0.15, 0.2) is 50.7 Å². The van der Waals surface area contributed by atoms with Crippen molar-refractivity contribution in [1.82, 2.24) is 5.01 Å². The van der Waals surface area contributed by atoms with Gasteiger partial charge in [0.2, 0.25) is 0 Å². The fraction of sp³-hybridized carbons (Fsp3) is 0.412. The van der Waals surface area contributed by atoms with E-state index in [1.165, 1.54) is 12.7 Å². The Bertz CT molecular complexity index is 634. The van der Waals surface area contributed by atoms with Crippen LogP contribution in [0, 0.1) is 0 Å². The van der Waals surface area contributed by atoms with Gasteiger partial charge in [-0.1, -0.05) is 0 Å². The predicted molar refractivity (Wildman–Crippen MR) is 82.9 cm³/mol. The van der Waals surface area contributed by atoms with Gasteiger partial charge in [0.15, 0.2) is 17.2 Å². The Morgan fingerprint density at radius 3 is 2.23 bits per heavy atom. The maximum Gasteiger partial charge on any atom is 0.252 e. The number of Topliss-reactive ketones (excluding diaryl/α,β-unsaturated/α-hetero) is 1. The maximum atomic E-state index is 12.7. The van der Waals surface area contributed by atoms with Gasteiger partial charge >= 0.3 is 0 Å². The van der Waals surface area contributed by atoms with E-state index in [2.05, 4.69) is 18.9 Å². The van der Waals surface area contributed by atoms with E-state index in [4.69, 9.17) is 8.83 Å². The van der Waals surface area contributed by atoms with Crippen LogP contribution in [0.25, 0.3) is 0 Å². The molecule has 116 valence electrons. The van der Waals surface area contributed by atoms with Crippen molar-refractivity contribution >= 4 is 11.5 Å². The van der Waals surface area contributed by atoms with E-state index in [1.807, 2.05) is 5.01 Å². The molecule has 0 spiro atoms. The standard InChI is InChI=1S/C17H20N2O3/c1-12-6-3-7-13(2)19(12)18-16(14-8-4-10-21-14)17(20)15-9-5-11-22-15/h4-5,8-13H,3,6-7H2,1-2H3. The second kappa shape index (κ2) is 6.22. The number of hydrogen-bond acceptors (Lipinski definition) is 5. The number of hydrazone groups is 1. The summed E-state index contributed by atoms with van der Waals surface area (Å²) in [5, 5.41) is 6.66. The summed E-state index contributed by atoms with van der Waals surface area (Å²) in [4.78, 5) is 12.7. The van der Waals surface area contributed by atoms with Crippen molar-refractivity contribution in [2.45, 2.75) is 45.2 Å². The van der Waals surface area contributed by atoms with Crippen LogP contribution in [0.5, 0.6) is 0 Å². The highest BCUT2D eigenvalue weighted by Gasteiger charge is 2.28. The number of nitrogens with zero attached hydrogens (tertiary/aromatic N) is 2. The first-order valence-electron chi connectivity index (χ1n) is 7.66. The summed E-state index contributed by atoms with van der Waals surface area (Å²) in [7, 11) is 0. The number of rotatable bonds is 4. The zero-order valence-corrected chi connectivity index (χ0v) is 12.9. The first-order chi connectivity index (χ1) is 10.7. The molecule has 2 aromatic heterocycles. The molecular formula is C17H20N2O3. The SMILES string of the molecule is CC1CCCC(C)N1N=C(C(=O)c1ccco1)c1ccco1. The maximum absolute atomic E-state index is 12.7. The van der Waals surface area contributed by atoms with Crippen molar-refractivity contribution in [3.63, 3.8) is 0 Å². The fourth-order valence-electron chi connectivity index (χ4n) is 2.86. The highest BCUT2D eigenvalue weighted by Crippen LogP contribution is 2.24. The van der Waals surface area contributed by atoms with Crippen molar-refractivity contribution in [3.05, 3.63) is 48.3 Å². The summed E-state index contributed by atoms with van der Waals surface area (Å²) in [6.45, 7) is 4.27. The van der Waals surface area contributed by atoms with Gasteiger partial charge in [-0.25, -0.2) is 0 Å². The topological polar surface area (TPSA) is 59.0 Å². The largest absolute Gasteiger partial charge is 0.462 e. The Morgan fingerprint density at radius 2 is 1.68 bits per heavy atom. The van der Waals surface area contributed by atoms with E-state index >= 15 is 0 Å². The summed E-state index contributed by atoms with van der Waals surface area (Å²) in [6, 6.07) is 7.45. The molecule has 0 amide bonds. The third-order valence-electron chi connectivity index (χ3n) is 4.08. The van der Waals surface area contributed by atoms with Crippen LogP contribution >= 0.6 is 0 Å². The number of carbonyl (C=O) groups excluding carboxylic acids is 1. The molecule has 0 saturated carbocycles. The van der Waals surface area contributed by atoms with Gasteiger partial charge in [0.1, 0.15) is 0 Å². The zero-order chi connectivity index (χ0) is 15.5. The molecule has 5 nitrogen and oxygen atoms in total. The molecule has 0 aromatic carbocycles. The van der Waals surface area contributed by atoms with E-state index in [1.54, 1.807) is 30.5 Å². The third kappa shape index (κ3) is 2.84. The van der Waals surface area contributed by atoms with E-state index in [-0.39, 0.29) is 11.5 Å². The van der Waals surface area contributed by atoms with Gasteiger partial charge in [0.25, 0.3) is 5.78 Å². The smallest absolute Gasteiger partial charge is 0.252 e.